The maximum Gasteiger partial charge on any atom is 0.426 e. The SMILES string of the molecule is CC1(C)[C@H](C(=O)OCc2cccc(-c3ccc(F)cc3)c2CF)[C@@H]1/C=C(\Cl)C(F)(F)F. The first-order valence-corrected chi connectivity index (χ1v) is 9.88. The van der Waals surface area contributed by atoms with E-state index in [0.717, 1.165) is 6.08 Å². The molecule has 166 valence electrons. The molecule has 1 saturated carbocycles. The highest BCUT2D eigenvalue weighted by Crippen LogP contribution is 2.60. The van der Waals surface area contributed by atoms with Crippen LogP contribution in [0.3, 0.4) is 0 Å². The van der Waals surface area contributed by atoms with E-state index in [-0.39, 0.29) is 6.61 Å². The number of alkyl halides is 4. The van der Waals surface area contributed by atoms with Gasteiger partial charge in [0.25, 0.3) is 0 Å². The van der Waals surface area contributed by atoms with Crippen LogP contribution in [-0.4, -0.2) is 12.1 Å². The van der Waals surface area contributed by atoms with Crippen LogP contribution in [0.4, 0.5) is 22.0 Å². The van der Waals surface area contributed by atoms with Crippen molar-refractivity contribution in [2.75, 3.05) is 0 Å². The smallest absolute Gasteiger partial charge is 0.426 e. The van der Waals surface area contributed by atoms with Crippen LogP contribution in [0, 0.1) is 23.1 Å². The molecule has 1 fully saturated rings. The second-order valence-electron chi connectivity index (χ2n) is 8.03. The third kappa shape index (κ3) is 4.92. The van der Waals surface area contributed by atoms with Crippen LogP contribution in [0.15, 0.2) is 53.6 Å². The molecule has 0 spiro atoms. The lowest BCUT2D eigenvalue weighted by molar-refractivity contribution is -0.147. The summed E-state index contributed by atoms with van der Waals surface area (Å²) in [5, 5.41) is -1.27. The number of hydrogen-bond acceptors (Lipinski definition) is 2. The lowest BCUT2D eigenvalue weighted by Crippen LogP contribution is -2.12. The molecule has 0 aliphatic heterocycles. The lowest BCUT2D eigenvalue weighted by atomic mass is 9.96. The van der Waals surface area contributed by atoms with Gasteiger partial charge in [0.2, 0.25) is 0 Å². The highest BCUT2D eigenvalue weighted by molar-refractivity contribution is 6.30. The maximum atomic E-state index is 13.8. The number of carbonyl (C=O) groups excluding carboxylic acids is 1. The maximum absolute atomic E-state index is 13.8. The van der Waals surface area contributed by atoms with Crippen molar-refractivity contribution in [3.63, 3.8) is 0 Å². The third-order valence-electron chi connectivity index (χ3n) is 5.69. The minimum Gasteiger partial charge on any atom is -0.461 e. The van der Waals surface area contributed by atoms with E-state index < -0.39 is 46.9 Å². The predicted molar refractivity (Wildman–Crippen MR) is 107 cm³/mol. The summed E-state index contributed by atoms with van der Waals surface area (Å²) in [6, 6.07) is 10.5. The number of ether oxygens (including phenoxy) is 1. The molecule has 0 bridgehead atoms. The Bertz CT molecular complexity index is 996. The number of benzene rings is 2. The van der Waals surface area contributed by atoms with Crippen molar-refractivity contribution in [1.29, 1.82) is 0 Å². The van der Waals surface area contributed by atoms with Gasteiger partial charge < -0.3 is 4.74 Å². The van der Waals surface area contributed by atoms with Crippen LogP contribution in [0.1, 0.15) is 25.0 Å². The molecule has 0 heterocycles. The molecule has 0 N–H and O–H groups in total. The molecule has 0 radical (unpaired) electrons. The first-order valence-electron chi connectivity index (χ1n) is 9.50. The zero-order valence-electron chi connectivity index (χ0n) is 16.8. The van der Waals surface area contributed by atoms with Gasteiger partial charge in [-0.25, -0.2) is 8.78 Å². The highest BCUT2D eigenvalue weighted by atomic mass is 35.5. The van der Waals surface area contributed by atoms with Crippen LogP contribution in [0.25, 0.3) is 11.1 Å². The number of esters is 1. The number of halogens is 6. The number of carbonyl (C=O) groups is 1. The Morgan fingerprint density at radius 3 is 2.39 bits per heavy atom. The summed E-state index contributed by atoms with van der Waals surface area (Å²) in [4.78, 5) is 12.5. The lowest BCUT2D eigenvalue weighted by Gasteiger charge is -2.13. The number of allylic oxidation sites excluding steroid dienone is 2. The molecule has 0 amide bonds. The molecule has 0 saturated heterocycles. The molecule has 8 heteroatoms. The molecule has 0 aromatic heterocycles. The van der Waals surface area contributed by atoms with Crippen molar-refractivity contribution in [2.45, 2.75) is 33.3 Å². The molecule has 2 atom stereocenters. The van der Waals surface area contributed by atoms with Crippen LogP contribution in [0.2, 0.25) is 0 Å². The molecule has 0 unspecified atom stereocenters. The molecule has 1 aliphatic carbocycles. The molecule has 2 nitrogen and oxygen atoms in total. The summed E-state index contributed by atoms with van der Waals surface area (Å²) in [5.74, 6) is -2.58. The monoisotopic (exact) mass is 458 g/mol. The summed E-state index contributed by atoms with van der Waals surface area (Å²) in [6.07, 6.45) is -3.83. The van der Waals surface area contributed by atoms with E-state index in [2.05, 4.69) is 0 Å². The van der Waals surface area contributed by atoms with E-state index in [1.165, 1.54) is 24.3 Å². The van der Waals surface area contributed by atoms with Gasteiger partial charge in [-0.05, 0) is 45.7 Å². The normalized spacial score (nSPS) is 20.5. The summed E-state index contributed by atoms with van der Waals surface area (Å²) in [5.41, 5.74) is 1.14. The van der Waals surface area contributed by atoms with E-state index in [4.69, 9.17) is 16.3 Å². The molecule has 2 aromatic rings. The fourth-order valence-corrected chi connectivity index (χ4v) is 3.89. The van der Waals surface area contributed by atoms with Gasteiger partial charge in [0, 0.05) is 0 Å². The van der Waals surface area contributed by atoms with Gasteiger partial charge in [0.1, 0.15) is 24.1 Å². The van der Waals surface area contributed by atoms with Gasteiger partial charge in [-0.15, -0.1) is 0 Å². The van der Waals surface area contributed by atoms with Crippen molar-refractivity contribution >= 4 is 17.6 Å². The van der Waals surface area contributed by atoms with Gasteiger partial charge in [-0.2, -0.15) is 13.2 Å². The van der Waals surface area contributed by atoms with Crippen LogP contribution >= 0.6 is 11.6 Å². The molecular weight excluding hydrogens is 439 g/mol. The van der Waals surface area contributed by atoms with Crippen LogP contribution in [0.5, 0.6) is 0 Å². The molecule has 3 rings (SSSR count). The fraction of sp³-hybridized carbons (Fsp3) is 0.348. The Labute approximate surface area is 181 Å². The third-order valence-corrected chi connectivity index (χ3v) is 6.03. The first kappa shape index (κ1) is 23.3. The van der Waals surface area contributed by atoms with E-state index in [1.807, 2.05) is 0 Å². The van der Waals surface area contributed by atoms with Crippen molar-refractivity contribution in [1.82, 2.24) is 0 Å². The van der Waals surface area contributed by atoms with E-state index >= 15 is 0 Å². The summed E-state index contributed by atoms with van der Waals surface area (Å²) < 4.78 is 70.4. The van der Waals surface area contributed by atoms with E-state index in [9.17, 15) is 26.7 Å². The largest absolute Gasteiger partial charge is 0.461 e. The molecular formula is C23H20ClF5O2. The first-order chi connectivity index (χ1) is 14.5. The standard InChI is InChI=1S/C23H20ClF5O2/c1-22(2)18(10-19(24)23(27,28)29)20(22)21(30)31-12-14-4-3-5-16(17(14)11-25)13-6-8-15(26)9-7-13/h3-10,18,20H,11-12H2,1-2H3/b19-10-/t18-,20-/m0/s1. The van der Waals surface area contributed by atoms with Gasteiger partial charge in [-0.3, -0.25) is 4.79 Å². The van der Waals surface area contributed by atoms with Crippen molar-refractivity contribution in [2.24, 2.45) is 17.3 Å². The van der Waals surface area contributed by atoms with Crippen molar-refractivity contribution in [3.8, 4) is 11.1 Å². The number of hydrogen-bond donors (Lipinski definition) is 0. The van der Waals surface area contributed by atoms with E-state index in [1.54, 1.807) is 32.0 Å². The molecule has 2 aromatic carbocycles. The summed E-state index contributed by atoms with van der Waals surface area (Å²) in [7, 11) is 0. The van der Waals surface area contributed by atoms with Crippen LogP contribution < -0.4 is 0 Å². The van der Waals surface area contributed by atoms with Gasteiger partial charge in [-0.1, -0.05) is 61.9 Å². The quantitative estimate of drug-likeness (QED) is 0.345. The fourth-order valence-electron chi connectivity index (χ4n) is 3.76. The van der Waals surface area contributed by atoms with Gasteiger partial charge in [0.15, 0.2) is 0 Å². The Morgan fingerprint density at radius 2 is 1.81 bits per heavy atom. The van der Waals surface area contributed by atoms with Crippen molar-refractivity contribution in [3.05, 3.63) is 70.5 Å². The van der Waals surface area contributed by atoms with Crippen molar-refractivity contribution < 1.29 is 31.5 Å². The Hall–Kier alpha value is -2.41. The summed E-state index contributed by atoms with van der Waals surface area (Å²) in [6.45, 7) is 2.25. The average Bonchev–Trinajstić information content (AvgIpc) is 3.25. The molecule has 31 heavy (non-hydrogen) atoms. The zero-order chi connectivity index (χ0) is 23.0. The highest BCUT2D eigenvalue weighted by Gasteiger charge is 2.62. The second kappa shape index (κ2) is 8.61. The Kier molecular flexibility index (Phi) is 6.46. The van der Waals surface area contributed by atoms with Gasteiger partial charge >= 0.3 is 12.1 Å². The number of rotatable bonds is 6. The molecule has 1 aliphatic rings. The van der Waals surface area contributed by atoms with Gasteiger partial charge in [0.05, 0.1) is 5.92 Å². The Morgan fingerprint density at radius 1 is 1.16 bits per heavy atom. The average molecular weight is 459 g/mol. The predicted octanol–water partition coefficient (Wildman–Crippen LogP) is 6.96. The minimum atomic E-state index is -4.68. The zero-order valence-corrected chi connectivity index (χ0v) is 17.5. The Balaban J connectivity index is 1.75. The second-order valence-corrected chi connectivity index (χ2v) is 8.44. The minimum absolute atomic E-state index is 0.233. The van der Waals surface area contributed by atoms with Crippen LogP contribution in [-0.2, 0) is 22.8 Å². The van der Waals surface area contributed by atoms with E-state index in [0.29, 0.717) is 22.3 Å². The summed E-state index contributed by atoms with van der Waals surface area (Å²) >= 11 is 5.31. The topological polar surface area (TPSA) is 26.3 Å².